The van der Waals surface area contributed by atoms with Gasteiger partial charge in [0.1, 0.15) is 11.6 Å². The Morgan fingerprint density at radius 3 is 2.63 bits per heavy atom. The van der Waals surface area contributed by atoms with Crippen molar-refractivity contribution in [3.8, 4) is 6.01 Å². The summed E-state index contributed by atoms with van der Waals surface area (Å²) in [6.45, 7) is 8.05. The molecule has 2 saturated heterocycles. The summed E-state index contributed by atoms with van der Waals surface area (Å²) in [5.74, 6) is 1.59. The van der Waals surface area contributed by atoms with Crippen LogP contribution in [0.3, 0.4) is 0 Å². The van der Waals surface area contributed by atoms with Gasteiger partial charge < -0.3 is 20.4 Å². The molecule has 27 heavy (non-hydrogen) atoms. The van der Waals surface area contributed by atoms with Crippen molar-refractivity contribution in [1.29, 1.82) is 5.41 Å². The highest BCUT2D eigenvalue weighted by atomic mass is 16.5. The van der Waals surface area contributed by atoms with Crippen molar-refractivity contribution in [3.05, 3.63) is 35.9 Å². The van der Waals surface area contributed by atoms with Gasteiger partial charge in [0.15, 0.2) is 0 Å². The predicted molar refractivity (Wildman–Crippen MR) is 108 cm³/mol. The van der Waals surface area contributed by atoms with Gasteiger partial charge in [-0.15, -0.1) is 0 Å². The molecule has 2 aromatic rings. The van der Waals surface area contributed by atoms with E-state index in [-0.39, 0.29) is 0 Å². The van der Waals surface area contributed by atoms with Gasteiger partial charge in [-0.25, -0.2) is 0 Å². The number of methoxy groups -OCH3 is 1. The lowest BCUT2D eigenvalue weighted by molar-refractivity contribution is 0.0440. The lowest BCUT2D eigenvalue weighted by Crippen LogP contribution is -2.44. The Balaban J connectivity index is 1.64. The van der Waals surface area contributed by atoms with Crippen LogP contribution in [0, 0.1) is 16.2 Å². The van der Waals surface area contributed by atoms with Gasteiger partial charge in [0.25, 0.3) is 0 Å². The maximum absolute atomic E-state index is 7.59. The lowest BCUT2D eigenvalue weighted by atomic mass is 9.56. The molecule has 3 fully saturated rings. The number of hydrogen-bond acceptors (Lipinski definition) is 6. The Labute approximate surface area is 160 Å². The Kier molecular flexibility index (Phi) is 4.09. The summed E-state index contributed by atoms with van der Waals surface area (Å²) < 4.78 is 5.36. The van der Waals surface area contributed by atoms with E-state index in [1.165, 1.54) is 19.1 Å². The van der Waals surface area contributed by atoms with Crippen molar-refractivity contribution in [2.24, 2.45) is 10.8 Å². The number of hydrogen-bond donors (Lipinski definition) is 2. The summed E-state index contributed by atoms with van der Waals surface area (Å²) in [4.78, 5) is 11.5. The number of anilines is 3. The summed E-state index contributed by atoms with van der Waals surface area (Å²) >= 11 is 0. The topological polar surface area (TPSA) is 74.1 Å². The maximum Gasteiger partial charge on any atom is 0.320 e. The first-order valence-corrected chi connectivity index (χ1v) is 9.41. The van der Waals surface area contributed by atoms with Crippen molar-refractivity contribution < 1.29 is 4.74 Å². The summed E-state index contributed by atoms with van der Waals surface area (Å²) in [6, 6.07) is 10.6. The molecule has 3 aliphatic rings. The summed E-state index contributed by atoms with van der Waals surface area (Å²) in [6.07, 6.45) is 3.79. The number of nitrogens with zero attached hydrogens (tertiary/aromatic N) is 3. The molecule has 1 aliphatic carbocycles. The molecule has 2 bridgehead atoms. The molecule has 142 valence electrons. The smallest absolute Gasteiger partial charge is 0.320 e. The van der Waals surface area contributed by atoms with Gasteiger partial charge in [-0.05, 0) is 29.7 Å². The van der Waals surface area contributed by atoms with Gasteiger partial charge in [-0.2, -0.15) is 9.97 Å². The van der Waals surface area contributed by atoms with E-state index in [0.717, 1.165) is 23.6 Å². The average molecular weight is 365 g/mol. The van der Waals surface area contributed by atoms with E-state index >= 15 is 0 Å². The third-order valence-electron chi connectivity index (χ3n) is 6.31. The van der Waals surface area contributed by atoms with Crippen molar-refractivity contribution in [1.82, 2.24) is 9.97 Å². The molecule has 3 heterocycles. The maximum atomic E-state index is 7.59. The van der Waals surface area contributed by atoms with E-state index in [9.17, 15) is 0 Å². The molecule has 1 aromatic heterocycles. The van der Waals surface area contributed by atoms with Gasteiger partial charge in [-0.3, -0.25) is 0 Å². The highest BCUT2D eigenvalue weighted by molar-refractivity contribution is 5.87. The molecular weight excluding hydrogens is 338 g/mol. The largest absolute Gasteiger partial charge is 0.467 e. The van der Waals surface area contributed by atoms with Crippen LogP contribution in [-0.2, 0) is 0 Å². The average Bonchev–Trinajstić information content (AvgIpc) is 3.19. The predicted octanol–water partition coefficient (Wildman–Crippen LogP) is 4.24. The standard InChI is InChI=1S/C21H27N5O/c1-20(2,3)21-10-15(11-21)26(13-21)18-9-17(24-19(25-18)27-4)23-16-8-6-5-7-14(16)12-22/h5-9,12,15,22H,10-11,13H2,1-4H3,(H,23,24,25). The highest BCUT2D eigenvalue weighted by Gasteiger charge is 2.60. The van der Waals surface area contributed by atoms with Crippen LogP contribution in [0.25, 0.3) is 0 Å². The molecule has 0 spiro atoms. The zero-order valence-corrected chi connectivity index (χ0v) is 16.4. The Morgan fingerprint density at radius 1 is 1.26 bits per heavy atom. The number of ether oxygens (including phenoxy) is 1. The van der Waals surface area contributed by atoms with Crippen LogP contribution in [0.5, 0.6) is 6.01 Å². The Hall–Kier alpha value is -2.63. The fourth-order valence-electron chi connectivity index (χ4n) is 4.35. The first-order valence-electron chi connectivity index (χ1n) is 9.41. The number of fused-ring (bicyclic) bond motifs is 1. The summed E-state index contributed by atoms with van der Waals surface area (Å²) in [5.41, 5.74) is 2.32. The Morgan fingerprint density at radius 2 is 2.00 bits per heavy atom. The first kappa shape index (κ1) is 17.8. The monoisotopic (exact) mass is 365 g/mol. The lowest BCUT2D eigenvalue weighted by Gasteiger charge is -2.47. The number of rotatable bonds is 5. The van der Waals surface area contributed by atoms with Crippen molar-refractivity contribution in [2.75, 3.05) is 23.9 Å². The molecule has 6 heteroatoms. The molecule has 0 amide bonds. The van der Waals surface area contributed by atoms with E-state index in [0.29, 0.717) is 28.7 Å². The van der Waals surface area contributed by atoms with Gasteiger partial charge in [0, 0.05) is 36.1 Å². The van der Waals surface area contributed by atoms with Crippen LogP contribution in [0.1, 0.15) is 39.2 Å². The Bertz CT molecular complexity index is 867. The quantitative estimate of drug-likeness (QED) is 0.775. The van der Waals surface area contributed by atoms with Crippen LogP contribution in [0.15, 0.2) is 30.3 Å². The fraction of sp³-hybridized carbons (Fsp3) is 0.476. The minimum atomic E-state index is 0.291. The molecule has 2 aliphatic heterocycles. The van der Waals surface area contributed by atoms with Gasteiger partial charge in [0.2, 0.25) is 0 Å². The minimum Gasteiger partial charge on any atom is -0.467 e. The SMILES string of the molecule is COc1nc(Nc2ccccc2C=N)cc(N2CC3(C(C)(C)C)CC2C3)n1. The zero-order valence-electron chi connectivity index (χ0n) is 16.4. The van der Waals surface area contributed by atoms with Crippen LogP contribution < -0.4 is 15.0 Å². The van der Waals surface area contributed by atoms with Crippen molar-refractivity contribution >= 4 is 23.5 Å². The van der Waals surface area contributed by atoms with Crippen molar-refractivity contribution in [2.45, 2.75) is 39.7 Å². The first-order chi connectivity index (χ1) is 12.8. The van der Waals surface area contributed by atoms with E-state index in [2.05, 4.69) is 41.0 Å². The molecule has 0 atom stereocenters. The molecule has 1 aromatic carbocycles. The van der Waals surface area contributed by atoms with Crippen LogP contribution >= 0.6 is 0 Å². The second kappa shape index (κ2) is 6.22. The number of nitrogens with one attached hydrogen (secondary N) is 2. The summed E-state index contributed by atoms with van der Waals surface area (Å²) in [5, 5.41) is 10.9. The second-order valence-corrected chi connectivity index (χ2v) is 8.67. The third kappa shape index (κ3) is 2.93. The van der Waals surface area contributed by atoms with Gasteiger partial charge in [-0.1, -0.05) is 39.0 Å². The van der Waals surface area contributed by atoms with E-state index < -0.39 is 0 Å². The minimum absolute atomic E-state index is 0.291. The molecule has 0 unspecified atom stereocenters. The molecule has 6 nitrogen and oxygen atoms in total. The van der Waals surface area contributed by atoms with Crippen molar-refractivity contribution in [3.63, 3.8) is 0 Å². The molecule has 5 rings (SSSR count). The van der Waals surface area contributed by atoms with Crippen LogP contribution in [-0.4, -0.2) is 35.9 Å². The normalized spacial score (nSPS) is 23.7. The highest BCUT2D eigenvalue weighted by Crippen LogP contribution is 2.61. The third-order valence-corrected chi connectivity index (χ3v) is 6.31. The number of aromatic nitrogens is 2. The van der Waals surface area contributed by atoms with Crippen LogP contribution in [0.2, 0.25) is 0 Å². The zero-order chi connectivity index (χ0) is 19.2. The molecule has 0 radical (unpaired) electrons. The summed E-state index contributed by atoms with van der Waals surface area (Å²) in [7, 11) is 1.59. The van der Waals surface area contributed by atoms with E-state index in [1.807, 2.05) is 30.3 Å². The van der Waals surface area contributed by atoms with Gasteiger partial charge in [0.05, 0.1) is 7.11 Å². The molecule has 2 N–H and O–H groups in total. The van der Waals surface area contributed by atoms with E-state index in [1.54, 1.807) is 7.11 Å². The number of para-hydroxylation sites is 1. The number of benzene rings is 1. The molecule has 1 saturated carbocycles. The molecular formula is C21H27N5O. The van der Waals surface area contributed by atoms with E-state index in [4.69, 9.17) is 10.1 Å². The van der Waals surface area contributed by atoms with Gasteiger partial charge >= 0.3 is 6.01 Å². The second-order valence-electron chi connectivity index (χ2n) is 8.67. The van der Waals surface area contributed by atoms with Crippen LogP contribution in [0.4, 0.5) is 17.3 Å². The fourth-order valence-corrected chi connectivity index (χ4v) is 4.35.